The third-order valence-electron chi connectivity index (χ3n) is 4.88. The van der Waals surface area contributed by atoms with Crippen LogP contribution >= 0.6 is 0 Å². The minimum Gasteiger partial charge on any atom is -0.353 e. The van der Waals surface area contributed by atoms with Crippen LogP contribution in [0.1, 0.15) is 37.7 Å². The first kappa shape index (κ1) is 16.0. The van der Waals surface area contributed by atoms with Crippen LogP contribution in [-0.2, 0) is 16.0 Å². The molecule has 23 heavy (non-hydrogen) atoms. The van der Waals surface area contributed by atoms with Gasteiger partial charge >= 0.3 is 0 Å². The maximum atomic E-state index is 13.1. The Bertz CT molecular complexity index is 578. The van der Waals surface area contributed by atoms with Crippen molar-refractivity contribution in [3.63, 3.8) is 0 Å². The van der Waals surface area contributed by atoms with Crippen molar-refractivity contribution < 1.29 is 14.0 Å². The standard InChI is InChI=1S/C18H23FN2O2/c19-15-6-1-3-13(11-15)12-17(22)20-16-7-9-21(10-8-16)18(23)14-4-2-5-14/h1,3,6,11,14,16H,2,4-5,7-10,12H2,(H,20,22). The molecule has 0 aromatic heterocycles. The maximum Gasteiger partial charge on any atom is 0.225 e. The number of hydrogen-bond donors (Lipinski definition) is 1. The number of hydrogen-bond acceptors (Lipinski definition) is 2. The van der Waals surface area contributed by atoms with Gasteiger partial charge in [0, 0.05) is 25.0 Å². The lowest BCUT2D eigenvalue weighted by Gasteiger charge is -2.36. The molecule has 1 saturated heterocycles. The largest absolute Gasteiger partial charge is 0.353 e. The molecule has 1 aromatic carbocycles. The molecule has 1 aliphatic heterocycles. The van der Waals surface area contributed by atoms with E-state index in [-0.39, 0.29) is 30.1 Å². The molecule has 4 nitrogen and oxygen atoms in total. The molecule has 1 aliphatic carbocycles. The number of benzene rings is 1. The number of carbonyl (C=O) groups excluding carboxylic acids is 2. The van der Waals surface area contributed by atoms with Crippen LogP contribution in [0.15, 0.2) is 24.3 Å². The van der Waals surface area contributed by atoms with Crippen molar-refractivity contribution in [3.05, 3.63) is 35.6 Å². The van der Waals surface area contributed by atoms with E-state index < -0.39 is 0 Å². The van der Waals surface area contributed by atoms with Crippen LogP contribution in [0.2, 0.25) is 0 Å². The minimum absolute atomic E-state index is 0.0839. The van der Waals surface area contributed by atoms with Gasteiger partial charge < -0.3 is 10.2 Å². The Balaban J connectivity index is 1.43. The van der Waals surface area contributed by atoms with E-state index in [4.69, 9.17) is 0 Å². The summed E-state index contributed by atoms with van der Waals surface area (Å²) in [5, 5.41) is 3.00. The maximum absolute atomic E-state index is 13.1. The molecule has 1 N–H and O–H groups in total. The number of likely N-dealkylation sites (tertiary alicyclic amines) is 1. The summed E-state index contributed by atoms with van der Waals surface area (Å²) in [5.74, 6) is 0.132. The van der Waals surface area contributed by atoms with Crippen LogP contribution in [0.5, 0.6) is 0 Å². The van der Waals surface area contributed by atoms with Crippen LogP contribution in [0.4, 0.5) is 4.39 Å². The number of amides is 2. The highest BCUT2D eigenvalue weighted by Gasteiger charge is 2.31. The molecule has 124 valence electrons. The van der Waals surface area contributed by atoms with Crippen molar-refractivity contribution in [2.24, 2.45) is 5.92 Å². The van der Waals surface area contributed by atoms with Crippen molar-refractivity contribution in [2.75, 3.05) is 13.1 Å². The smallest absolute Gasteiger partial charge is 0.225 e. The molecule has 3 rings (SSSR count). The predicted molar refractivity (Wildman–Crippen MR) is 85.2 cm³/mol. The fourth-order valence-corrected chi connectivity index (χ4v) is 3.27. The van der Waals surface area contributed by atoms with E-state index in [2.05, 4.69) is 5.32 Å². The zero-order valence-corrected chi connectivity index (χ0v) is 13.3. The second-order valence-corrected chi connectivity index (χ2v) is 6.60. The van der Waals surface area contributed by atoms with Gasteiger partial charge in [0.25, 0.3) is 0 Å². The molecule has 0 spiro atoms. The van der Waals surface area contributed by atoms with Gasteiger partial charge in [-0.3, -0.25) is 9.59 Å². The van der Waals surface area contributed by atoms with Gasteiger partial charge in [0.05, 0.1) is 6.42 Å². The van der Waals surface area contributed by atoms with Gasteiger partial charge in [-0.2, -0.15) is 0 Å². The quantitative estimate of drug-likeness (QED) is 0.926. The Kier molecular flexibility index (Phi) is 4.94. The van der Waals surface area contributed by atoms with Crippen LogP contribution in [0.25, 0.3) is 0 Å². The molecular weight excluding hydrogens is 295 g/mol. The minimum atomic E-state index is -0.321. The summed E-state index contributed by atoms with van der Waals surface area (Å²) in [6, 6.07) is 6.24. The highest BCUT2D eigenvalue weighted by molar-refractivity contribution is 5.80. The number of nitrogens with one attached hydrogen (secondary N) is 1. The van der Waals surface area contributed by atoms with Gasteiger partial charge in [0.1, 0.15) is 5.82 Å². The summed E-state index contributed by atoms with van der Waals surface area (Å²) in [7, 11) is 0. The highest BCUT2D eigenvalue weighted by Crippen LogP contribution is 2.29. The van der Waals surface area contributed by atoms with E-state index in [1.54, 1.807) is 12.1 Å². The van der Waals surface area contributed by atoms with Gasteiger partial charge in [-0.05, 0) is 43.4 Å². The van der Waals surface area contributed by atoms with Crippen molar-refractivity contribution in [3.8, 4) is 0 Å². The molecule has 1 aromatic rings. The Hall–Kier alpha value is -1.91. The average molecular weight is 318 g/mol. The van der Waals surface area contributed by atoms with Gasteiger partial charge in [0.2, 0.25) is 11.8 Å². The Morgan fingerprint density at radius 2 is 1.91 bits per heavy atom. The zero-order chi connectivity index (χ0) is 16.2. The normalized spacial score (nSPS) is 19.3. The fraction of sp³-hybridized carbons (Fsp3) is 0.556. The fourth-order valence-electron chi connectivity index (χ4n) is 3.27. The monoisotopic (exact) mass is 318 g/mol. The van der Waals surface area contributed by atoms with Crippen molar-refractivity contribution >= 4 is 11.8 Å². The van der Waals surface area contributed by atoms with E-state index in [9.17, 15) is 14.0 Å². The Labute approximate surface area is 136 Å². The topological polar surface area (TPSA) is 49.4 Å². The van der Waals surface area contributed by atoms with E-state index in [0.29, 0.717) is 11.5 Å². The second-order valence-electron chi connectivity index (χ2n) is 6.60. The van der Waals surface area contributed by atoms with E-state index in [1.807, 2.05) is 4.90 Å². The Morgan fingerprint density at radius 1 is 1.17 bits per heavy atom. The average Bonchev–Trinajstić information content (AvgIpc) is 2.46. The SMILES string of the molecule is O=C(Cc1cccc(F)c1)NC1CCN(C(=O)C2CCC2)CC1. The number of carbonyl (C=O) groups is 2. The third-order valence-corrected chi connectivity index (χ3v) is 4.88. The molecule has 2 amide bonds. The summed E-state index contributed by atoms with van der Waals surface area (Å²) >= 11 is 0. The molecule has 1 heterocycles. The van der Waals surface area contributed by atoms with Crippen LogP contribution in [0, 0.1) is 11.7 Å². The second kappa shape index (κ2) is 7.11. The molecule has 0 radical (unpaired) electrons. The van der Waals surface area contributed by atoms with E-state index in [1.165, 1.54) is 18.6 Å². The number of piperidine rings is 1. The lowest BCUT2D eigenvalue weighted by molar-refractivity contribution is -0.139. The summed E-state index contributed by atoms with van der Waals surface area (Å²) in [6.07, 6.45) is 5.02. The third kappa shape index (κ3) is 4.09. The first-order valence-electron chi connectivity index (χ1n) is 8.44. The van der Waals surface area contributed by atoms with Crippen LogP contribution < -0.4 is 5.32 Å². The van der Waals surface area contributed by atoms with Crippen LogP contribution in [0.3, 0.4) is 0 Å². The van der Waals surface area contributed by atoms with Crippen molar-refractivity contribution in [2.45, 2.75) is 44.6 Å². The molecule has 1 saturated carbocycles. The van der Waals surface area contributed by atoms with Gasteiger partial charge in [-0.15, -0.1) is 0 Å². The van der Waals surface area contributed by atoms with Crippen molar-refractivity contribution in [1.29, 1.82) is 0 Å². The molecule has 2 aliphatic rings. The van der Waals surface area contributed by atoms with Gasteiger partial charge in [-0.1, -0.05) is 18.6 Å². The summed E-state index contributed by atoms with van der Waals surface area (Å²) in [5.41, 5.74) is 0.681. The van der Waals surface area contributed by atoms with Gasteiger partial charge in [0.15, 0.2) is 0 Å². The summed E-state index contributed by atoms with van der Waals surface area (Å²) in [6.45, 7) is 1.44. The van der Waals surface area contributed by atoms with Gasteiger partial charge in [-0.25, -0.2) is 4.39 Å². The predicted octanol–water partition coefficient (Wildman–Crippen LogP) is 2.28. The number of nitrogens with zero attached hydrogens (tertiary/aromatic N) is 1. The first-order valence-corrected chi connectivity index (χ1v) is 8.44. The molecule has 0 atom stereocenters. The Morgan fingerprint density at radius 3 is 2.52 bits per heavy atom. The summed E-state index contributed by atoms with van der Waals surface area (Å²) in [4.78, 5) is 26.2. The molecule has 0 unspecified atom stereocenters. The van der Waals surface area contributed by atoms with Crippen LogP contribution in [-0.4, -0.2) is 35.8 Å². The number of halogens is 1. The molecular formula is C18H23FN2O2. The number of rotatable bonds is 4. The lowest BCUT2D eigenvalue weighted by atomic mass is 9.84. The van der Waals surface area contributed by atoms with Crippen molar-refractivity contribution in [1.82, 2.24) is 10.2 Å². The molecule has 0 bridgehead atoms. The lowest BCUT2D eigenvalue weighted by Crippen LogP contribution is -2.49. The highest BCUT2D eigenvalue weighted by atomic mass is 19.1. The zero-order valence-electron chi connectivity index (χ0n) is 13.3. The molecule has 5 heteroatoms. The molecule has 2 fully saturated rings. The first-order chi connectivity index (χ1) is 11.1. The van der Waals surface area contributed by atoms with E-state index >= 15 is 0 Å². The summed E-state index contributed by atoms with van der Waals surface area (Å²) < 4.78 is 13.1. The van der Waals surface area contributed by atoms with E-state index in [0.717, 1.165) is 38.8 Å².